The molecular weight excluding hydrogens is 203 g/mol. The van der Waals surface area contributed by atoms with Crippen LogP contribution >= 0.6 is 23.2 Å². The van der Waals surface area contributed by atoms with Crippen LogP contribution in [0.3, 0.4) is 0 Å². The molecule has 1 aromatic rings. The summed E-state index contributed by atoms with van der Waals surface area (Å²) < 4.78 is 0. The van der Waals surface area contributed by atoms with Crippen molar-refractivity contribution in [2.45, 2.75) is 19.3 Å². The van der Waals surface area contributed by atoms with Gasteiger partial charge in [0.05, 0.1) is 0 Å². The molecule has 0 aliphatic carbocycles. The van der Waals surface area contributed by atoms with E-state index in [4.69, 9.17) is 23.2 Å². The monoisotopic (exact) mass is 214 g/mol. The number of allylic oxidation sites excluding steroid dienone is 1. The van der Waals surface area contributed by atoms with E-state index in [1.807, 2.05) is 24.3 Å². The van der Waals surface area contributed by atoms with Crippen LogP contribution in [0.5, 0.6) is 0 Å². The Morgan fingerprint density at radius 2 is 1.92 bits per heavy atom. The molecule has 13 heavy (non-hydrogen) atoms. The van der Waals surface area contributed by atoms with E-state index in [1.54, 1.807) is 0 Å². The smallest absolute Gasteiger partial charge is 0.0406 e. The van der Waals surface area contributed by atoms with Gasteiger partial charge in [-0.1, -0.05) is 48.8 Å². The van der Waals surface area contributed by atoms with Gasteiger partial charge in [0, 0.05) is 10.1 Å². The van der Waals surface area contributed by atoms with E-state index in [9.17, 15) is 0 Å². The third-order valence-electron chi connectivity index (χ3n) is 1.97. The molecule has 1 unspecified atom stereocenters. The average Bonchev–Trinajstić information content (AvgIpc) is 2.04. The molecule has 70 valence electrons. The molecule has 0 aromatic heterocycles. The van der Waals surface area contributed by atoms with Gasteiger partial charge in [0.15, 0.2) is 0 Å². The van der Waals surface area contributed by atoms with Gasteiger partial charge in [-0.05, 0) is 30.0 Å². The molecule has 0 aliphatic rings. The fraction of sp³-hybridized carbons (Fsp3) is 0.273. The maximum atomic E-state index is 5.78. The van der Waals surface area contributed by atoms with Gasteiger partial charge < -0.3 is 0 Å². The molecule has 0 aliphatic heterocycles. The Hall–Kier alpha value is -0.460. The number of halogens is 2. The van der Waals surface area contributed by atoms with Crippen LogP contribution in [0.2, 0.25) is 5.02 Å². The Morgan fingerprint density at radius 3 is 2.38 bits per heavy atom. The highest BCUT2D eigenvalue weighted by Gasteiger charge is 2.05. The zero-order chi connectivity index (χ0) is 9.84. The molecule has 0 radical (unpaired) electrons. The van der Waals surface area contributed by atoms with Crippen LogP contribution < -0.4 is 0 Å². The van der Waals surface area contributed by atoms with Crippen molar-refractivity contribution in [3.63, 3.8) is 0 Å². The fourth-order valence-electron chi connectivity index (χ4n) is 1.24. The minimum Gasteiger partial charge on any atom is -0.0898 e. The standard InChI is InChI=1S/C11H12Cl2/c1-8(7-9(2)12)10-3-5-11(13)6-4-10/h3-6,8H,2,7H2,1H3. The lowest BCUT2D eigenvalue weighted by Gasteiger charge is -2.10. The molecule has 1 atom stereocenters. The molecule has 0 fully saturated rings. The second-order valence-corrected chi connectivity index (χ2v) is 4.14. The van der Waals surface area contributed by atoms with Crippen molar-refractivity contribution in [2.75, 3.05) is 0 Å². The molecule has 0 amide bonds. The van der Waals surface area contributed by atoms with Gasteiger partial charge in [0.2, 0.25) is 0 Å². The maximum absolute atomic E-state index is 5.78. The van der Waals surface area contributed by atoms with Crippen molar-refractivity contribution >= 4 is 23.2 Å². The van der Waals surface area contributed by atoms with Crippen LogP contribution in [0.25, 0.3) is 0 Å². The number of rotatable bonds is 3. The van der Waals surface area contributed by atoms with E-state index in [-0.39, 0.29) is 0 Å². The van der Waals surface area contributed by atoms with Crippen molar-refractivity contribution in [3.8, 4) is 0 Å². The lowest BCUT2D eigenvalue weighted by atomic mass is 9.98. The van der Waals surface area contributed by atoms with E-state index >= 15 is 0 Å². The van der Waals surface area contributed by atoms with Crippen LogP contribution in [0.1, 0.15) is 24.8 Å². The van der Waals surface area contributed by atoms with Crippen molar-refractivity contribution < 1.29 is 0 Å². The topological polar surface area (TPSA) is 0 Å². The summed E-state index contributed by atoms with van der Waals surface area (Å²) in [6.07, 6.45) is 0.809. The van der Waals surface area contributed by atoms with Crippen molar-refractivity contribution in [1.82, 2.24) is 0 Å². The molecule has 0 spiro atoms. The van der Waals surface area contributed by atoms with E-state index in [2.05, 4.69) is 13.5 Å². The van der Waals surface area contributed by atoms with Gasteiger partial charge in [-0.2, -0.15) is 0 Å². The highest BCUT2D eigenvalue weighted by atomic mass is 35.5. The van der Waals surface area contributed by atoms with Crippen LogP contribution in [-0.2, 0) is 0 Å². The number of benzene rings is 1. The first-order valence-corrected chi connectivity index (χ1v) is 4.94. The third kappa shape index (κ3) is 3.41. The predicted octanol–water partition coefficient (Wildman–Crippen LogP) is 4.59. The summed E-state index contributed by atoms with van der Waals surface area (Å²) in [7, 11) is 0. The molecule has 0 N–H and O–H groups in total. The largest absolute Gasteiger partial charge is 0.0898 e. The molecular formula is C11H12Cl2. The van der Waals surface area contributed by atoms with E-state index < -0.39 is 0 Å². The lowest BCUT2D eigenvalue weighted by Crippen LogP contribution is -1.92. The summed E-state index contributed by atoms with van der Waals surface area (Å²) in [5.74, 6) is 0.405. The highest BCUT2D eigenvalue weighted by molar-refractivity contribution is 6.30. The summed E-state index contributed by atoms with van der Waals surface area (Å²) in [6, 6.07) is 7.83. The summed E-state index contributed by atoms with van der Waals surface area (Å²) in [6.45, 7) is 5.80. The average molecular weight is 215 g/mol. The highest BCUT2D eigenvalue weighted by Crippen LogP contribution is 2.24. The Labute approximate surface area is 89.2 Å². The summed E-state index contributed by atoms with van der Waals surface area (Å²) in [5.41, 5.74) is 1.24. The molecule has 0 saturated carbocycles. The fourth-order valence-corrected chi connectivity index (χ4v) is 1.60. The first-order valence-electron chi connectivity index (χ1n) is 4.18. The quantitative estimate of drug-likeness (QED) is 0.691. The minimum atomic E-state index is 0.405. The Morgan fingerprint density at radius 1 is 1.38 bits per heavy atom. The zero-order valence-corrected chi connectivity index (χ0v) is 9.07. The van der Waals surface area contributed by atoms with Crippen LogP contribution in [-0.4, -0.2) is 0 Å². The maximum Gasteiger partial charge on any atom is 0.0406 e. The molecule has 0 bridgehead atoms. The second kappa shape index (κ2) is 4.69. The molecule has 0 saturated heterocycles. The van der Waals surface area contributed by atoms with Gasteiger partial charge >= 0.3 is 0 Å². The zero-order valence-electron chi connectivity index (χ0n) is 7.56. The Balaban J connectivity index is 2.71. The van der Waals surface area contributed by atoms with Gasteiger partial charge in [0.25, 0.3) is 0 Å². The van der Waals surface area contributed by atoms with Gasteiger partial charge in [0.1, 0.15) is 0 Å². The van der Waals surface area contributed by atoms with Gasteiger partial charge in [-0.3, -0.25) is 0 Å². The molecule has 1 aromatic carbocycles. The minimum absolute atomic E-state index is 0.405. The first-order chi connectivity index (χ1) is 6.09. The molecule has 0 heterocycles. The second-order valence-electron chi connectivity index (χ2n) is 3.17. The van der Waals surface area contributed by atoms with Gasteiger partial charge in [-0.15, -0.1) is 0 Å². The van der Waals surface area contributed by atoms with E-state index in [0.717, 1.165) is 11.4 Å². The van der Waals surface area contributed by atoms with Crippen molar-refractivity contribution in [1.29, 1.82) is 0 Å². The Kier molecular flexibility index (Phi) is 3.83. The van der Waals surface area contributed by atoms with Crippen LogP contribution in [0.4, 0.5) is 0 Å². The summed E-state index contributed by atoms with van der Waals surface area (Å²) in [5, 5.41) is 1.46. The normalized spacial score (nSPS) is 12.5. The predicted molar refractivity (Wildman–Crippen MR) is 59.5 cm³/mol. The SMILES string of the molecule is C=C(Cl)CC(C)c1ccc(Cl)cc1. The van der Waals surface area contributed by atoms with Crippen molar-refractivity contribution in [3.05, 3.63) is 46.5 Å². The van der Waals surface area contributed by atoms with Crippen molar-refractivity contribution in [2.24, 2.45) is 0 Å². The first kappa shape index (κ1) is 10.6. The van der Waals surface area contributed by atoms with Crippen LogP contribution in [0.15, 0.2) is 35.9 Å². The Bertz CT molecular complexity index is 287. The lowest BCUT2D eigenvalue weighted by molar-refractivity contribution is 0.774. The van der Waals surface area contributed by atoms with E-state index in [1.165, 1.54) is 5.56 Å². The molecule has 2 heteroatoms. The molecule has 1 rings (SSSR count). The summed E-state index contributed by atoms with van der Waals surface area (Å²) >= 11 is 11.5. The summed E-state index contributed by atoms with van der Waals surface area (Å²) in [4.78, 5) is 0. The number of hydrogen-bond donors (Lipinski definition) is 0. The number of hydrogen-bond acceptors (Lipinski definition) is 0. The van der Waals surface area contributed by atoms with Gasteiger partial charge in [-0.25, -0.2) is 0 Å². The third-order valence-corrected chi connectivity index (χ3v) is 2.37. The molecule has 0 nitrogen and oxygen atoms in total. The van der Waals surface area contributed by atoms with Crippen LogP contribution in [0, 0.1) is 0 Å². The van der Waals surface area contributed by atoms with E-state index in [0.29, 0.717) is 11.0 Å².